The van der Waals surface area contributed by atoms with Crippen LogP contribution in [0.25, 0.3) is 6.08 Å². The van der Waals surface area contributed by atoms with Crippen molar-refractivity contribution < 1.29 is 27.8 Å². The van der Waals surface area contributed by atoms with Crippen LogP contribution in [0.5, 0.6) is 17.2 Å². The topological polar surface area (TPSA) is 57.7 Å². The van der Waals surface area contributed by atoms with Gasteiger partial charge in [-0.15, -0.1) is 11.8 Å². The zero-order valence-corrected chi connectivity index (χ0v) is 18.3. The molecule has 1 aromatic heterocycles. The van der Waals surface area contributed by atoms with E-state index in [0.29, 0.717) is 11.3 Å². The van der Waals surface area contributed by atoms with Gasteiger partial charge in [0, 0.05) is 23.1 Å². The molecular weight excluding hydrogens is 436 g/mol. The van der Waals surface area contributed by atoms with Gasteiger partial charge in [0.2, 0.25) is 0 Å². The number of ketones is 1. The number of carbonyl (C=O) groups is 1. The van der Waals surface area contributed by atoms with Gasteiger partial charge in [-0.1, -0.05) is 18.2 Å². The molecule has 0 saturated heterocycles. The van der Waals surface area contributed by atoms with Gasteiger partial charge in [0.05, 0.1) is 19.2 Å². The summed E-state index contributed by atoms with van der Waals surface area (Å²) in [5, 5.41) is 0.902. The van der Waals surface area contributed by atoms with Gasteiger partial charge in [-0.3, -0.25) is 4.79 Å². The van der Waals surface area contributed by atoms with E-state index in [0.717, 1.165) is 21.9 Å². The molecule has 32 heavy (non-hydrogen) atoms. The van der Waals surface area contributed by atoms with Crippen molar-refractivity contribution in [1.82, 2.24) is 4.98 Å². The Morgan fingerprint density at radius 3 is 2.50 bits per heavy atom. The number of methoxy groups -OCH3 is 2. The van der Waals surface area contributed by atoms with Gasteiger partial charge >= 0.3 is 6.61 Å². The summed E-state index contributed by atoms with van der Waals surface area (Å²) in [6.07, 6.45) is 4.85. The fourth-order valence-electron chi connectivity index (χ4n) is 2.88. The first-order chi connectivity index (χ1) is 15.5. The van der Waals surface area contributed by atoms with Crippen molar-refractivity contribution in [1.29, 1.82) is 0 Å². The predicted octanol–water partition coefficient (Wildman–Crippen LogP) is 5.89. The van der Waals surface area contributed by atoms with E-state index < -0.39 is 6.61 Å². The van der Waals surface area contributed by atoms with E-state index in [1.165, 1.54) is 31.4 Å². The zero-order chi connectivity index (χ0) is 22.9. The van der Waals surface area contributed by atoms with Gasteiger partial charge < -0.3 is 14.2 Å². The molecule has 0 fully saturated rings. The molecule has 8 heteroatoms. The molecule has 1 heterocycles. The lowest BCUT2D eigenvalue weighted by Crippen LogP contribution is -2.04. The summed E-state index contributed by atoms with van der Waals surface area (Å²) >= 11 is 1.58. The number of thioether (sulfide) groups is 1. The van der Waals surface area contributed by atoms with E-state index in [2.05, 4.69) is 9.72 Å². The standard InChI is InChI=1S/C24H21F2NO4S/c1-29-20-10-7-16(13-18(20)15-32-23-5-3-4-12-27-23)6-9-19(28)17-8-11-21(31-24(25)26)22(14-17)30-2/h3-14,24H,15H2,1-2H3/b9-6+. The minimum absolute atomic E-state index is 0.0582. The lowest BCUT2D eigenvalue weighted by atomic mass is 10.1. The molecule has 0 N–H and O–H groups in total. The van der Waals surface area contributed by atoms with Crippen LogP contribution in [0.2, 0.25) is 0 Å². The Morgan fingerprint density at radius 1 is 1.03 bits per heavy atom. The van der Waals surface area contributed by atoms with Crippen molar-refractivity contribution in [3.8, 4) is 17.2 Å². The molecule has 3 aromatic rings. The quantitative estimate of drug-likeness (QED) is 0.215. The number of allylic oxidation sites excluding steroid dienone is 1. The van der Waals surface area contributed by atoms with E-state index in [-0.39, 0.29) is 17.3 Å². The van der Waals surface area contributed by atoms with Gasteiger partial charge in [0.1, 0.15) is 5.75 Å². The SMILES string of the molecule is COc1ccc(/C=C/C(=O)c2ccc(OC(F)F)c(OC)c2)cc1CSc1ccccn1. The largest absolute Gasteiger partial charge is 0.496 e. The van der Waals surface area contributed by atoms with Gasteiger partial charge in [-0.2, -0.15) is 8.78 Å². The molecule has 0 saturated carbocycles. The van der Waals surface area contributed by atoms with Crippen molar-refractivity contribution in [2.75, 3.05) is 14.2 Å². The molecule has 0 amide bonds. The Balaban J connectivity index is 1.74. The monoisotopic (exact) mass is 457 g/mol. The third-order valence-corrected chi connectivity index (χ3v) is 5.40. The highest BCUT2D eigenvalue weighted by atomic mass is 32.2. The Morgan fingerprint density at radius 2 is 1.81 bits per heavy atom. The average molecular weight is 457 g/mol. The number of halogens is 2. The number of pyridine rings is 1. The van der Waals surface area contributed by atoms with Crippen molar-refractivity contribution in [2.24, 2.45) is 0 Å². The first-order valence-corrected chi connectivity index (χ1v) is 10.5. The molecule has 0 aliphatic carbocycles. The highest BCUT2D eigenvalue weighted by Gasteiger charge is 2.13. The number of nitrogens with zero attached hydrogens (tertiary/aromatic N) is 1. The van der Waals surface area contributed by atoms with Crippen LogP contribution < -0.4 is 14.2 Å². The zero-order valence-electron chi connectivity index (χ0n) is 17.5. The van der Waals surface area contributed by atoms with Crippen LogP contribution in [0.15, 0.2) is 71.9 Å². The summed E-state index contributed by atoms with van der Waals surface area (Å²) in [7, 11) is 2.93. The Kier molecular flexibility index (Phi) is 8.21. The van der Waals surface area contributed by atoms with Crippen LogP contribution in [0, 0.1) is 0 Å². The number of ether oxygens (including phenoxy) is 3. The first kappa shape index (κ1) is 23.3. The summed E-state index contributed by atoms with van der Waals surface area (Å²) in [6.45, 7) is -2.98. The van der Waals surface area contributed by atoms with Crippen molar-refractivity contribution >= 4 is 23.6 Å². The molecule has 0 atom stereocenters. The molecule has 0 aliphatic heterocycles. The fraction of sp³-hybridized carbons (Fsp3) is 0.167. The number of hydrogen-bond donors (Lipinski definition) is 0. The second-order valence-corrected chi connectivity index (χ2v) is 7.47. The van der Waals surface area contributed by atoms with Crippen LogP contribution in [-0.4, -0.2) is 31.6 Å². The molecule has 166 valence electrons. The molecule has 2 aromatic carbocycles. The highest BCUT2D eigenvalue weighted by Crippen LogP contribution is 2.30. The summed E-state index contributed by atoms with van der Waals surface area (Å²) in [5.41, 5.74) is 2.08. The number of hydrogen-bond acceptors (Lipinski definition) is 6. The van der Waals surface area contributed by atoms with Crippen LogP contribution in [0.3, 0.4) is 0 Å². The molecule has 0 spiro atoms. The number of aromatic nitrogens is 1. The molecule has 5 nitrogen and oxygen atoms in total. The van der Waals surface area contributed by atoms with E-state index >= 15 is 0 Å². The molecule has 0 unspecified atom stereocenters. The smallest absolute Gasteiger partial charge is 0.387 e. The van der Waals surface area contributed by atoms with Gasteiger partial charge in [0.15, 0.2) is 17.3 Å². The summed E-state index contributed by atoms with van der Waals surface area (Å²) in [5.74, 6) is 1.03. The lowest BCUT2D eigenvalue weighted by Gasteiger charge is -2.10. The number of alkyl halides is 2. The molecule has 0 aliphatic rings. The third-order valence-electron chi connectivity index (χ3n) is 4.41. The van der Waals surface area contributed by atoms with Crippen LogP contribution in [0.4, 0.5) is 8.78 Å². The Bertz CT molecular complexity index is 1090. The number of carbonyl (C=O) groups excluding carboxylic acids is 1. The molecule has 0 bridgehead atoms. The van der Waals surface area contributed by atoms with Gasteiger partial charge in [0.25, 0.3) is 0 Å². The maximum absolute atomic E-state index is 12.6. The third kappa shape index (κ3) is 6.31. The minimum atomic E-state index is -2.98. The second-order valence-electron chi connectivity index (χ2n) is 6.47. The normalized spacial score (nSPS) is 11.0. The first-order valence-electron chi connectivity index (χ1n) is 9.56. The molecule has 3 rings (SSSR count). The maximum Gasteiger partial charge on any atom is 0.387 e. The lowest BCUT2D eigenvalue weighted by molar-refractivity contribution is -0.0512. The summed E-state index contributed by atoms with van der Waals surface area (Å²) < 4.78 is 39.8. The van der Waals surface area contributed by atoms with Crippen LogP contribution >= 0.6 is 11.8 Å². The highest BCUT2D eigenvalue weighted by molar-refractivity contribution is 7.98. The summed E-state index contributed by atoms with van der Waals surface area (Å²) in [6, 6.07) is 15.4. The number of benzene rings is 2. The second kappa shape index (κ2) is 11.3. The van der Waals surface area contributed by atoms with E-state index in [1.54, 1.807) is 31.1 Å². The van der Waals surface area contributed by atoms with E-state index in [9.17, 15) is 13.6 Å². The molecule has 0 radical (unpaired) electrons. The van der Waals surface area contributed by atoms with Gasteiger partial charge in [-0.05, 0) is 54.1 Å². The Hall–Kier alpha value is -3.39. The maximum atomic E-state index is 12.6. The minimum Gasteiger partial charge on any atom is -0.496 e. The van der Waals surface area contributed by atoms with E-state index in [4.69, 9.17) is 9.47 Å². The van der Waals surface area contributed by atoms with Crippen LogP contribution in [-0.2, 0) is 5.75 Å². The Labute approximate surface area is 189 Å². The molecular formula is C24H21F2NO4S. The fourth-order valence-corrected chi connectivity index (χ4v) is 3.72. The van der Waals surface area contributed by atoms with Crippen molar-refractivity contribution in [3.63, 3.8) is 0 Å². The summed E-state index contributed by atoms with van der Waals surface area (Å²) in [4.78, 5) is 16.9. The van der Waals surface area contributed by atoms with E-state index in [1.807, 2.05) is 36.4 Å². The number of rotatable bonds is 10. The van der Waals surface area contributed by atoms with Crippen molar-refractivity contribution in [2.45, 2.75) is 17.4 Å². The van der Waals surface area contributed by atoms with Crippen LogP contribution in [0.1, 0.15) is 21.5 Å². The predicted molar refractivity (Wildman–Crippen MR) is 120 cm³/mol. The van der Waals surface area contributed by atoms with Gasteiger partial charge in [-0.25, -0.2) is 4.98 Å². The van der Waals surface area contributed by atoms with Crippen molar-refractivity contribution in [3.05, 3.63) is 83.6 Å². The average Bonchev–Trinajstić information content (AvgIpc) is 2.81.